The van der Waals surface area contributed by atoms with Crippen LogP contribution in [0.1, 0.15) is 11.1 Å². The smallest absolute Gasteiger partial charge is 0.302 e. The summed E-state index contributed by atoms with van der Waals surface area (Å²) >= 11 is 5.82. The van der Waals surface area contributed by atoms with E-state index >= 15 is 0 Å². The van der Waals surface area contributed by atoms with Crippen LogP contribution in [0, 0.1) is 0 Å². The van der Waals surface area contributed by atoms with E-state index in [0.29, 0.717) is 5.02 Å². The van der Waals surface area contributed by atoms with Gasteiger partial charge in [0, 0.05) is 5.02 Å². The van der Waals surface area contributed by atoms with E-state index in [1.54, 1.807) is 18.2 Å². The Labute approximate surface area is 171 Å². The van der Waals surface area contributed by atoms with Crippen molar-refractivity contribution >= 4 is 51.0 Å². The average molecular weight is 409 g/mol. The zero-order valence-electron chi connectivity index (χ0n) is 14.3. The molecule has 6 nitrogen and oxygen atoms in total. The molecule has 2 aromatic rings. The van der Waals surface area contributed by atoms with Crippen molar-refractivity contribution in [1.29, 1.82) is 0 Å². The molecule has 0 spiro atoms. The molecule has 6 radical (unpaired) electrons. The SMILES string of the molecule is [B]C1(c2ccc(Cl)cc2)OC(N)=C(OS(=O)(=O)C([B])([B])c2ccccc2)C1=O. The summed E-state index contributed by atoms with van der Waals surface area (Å²) in [4.78, 5) is 12.8. The van der Waals surface area contributed by atoms with Crippen molar-refractivity contribution in [2.75, 3.05) is 0 Å². The van der Waals surface area contributed by atoms with Gasteiger partial charge in [0.2, 0.25) is 17.4 Å². The van der Waals surface area contributed by atoms with Gasteiger partial charge in [0.05, 0.1) is 20.2 Å². The van der Waals surface area contributed by atoms with E-state index in [2.05, 4.69) is 0 Å². The fourth-order valence-corrected chi connectivity index (χ4v) is 3.60. The molecule has 0 aliphatic carbocycles. The number of halogens is 1. The Morgan fingerprint density at radius 2 is 1.64 bits per heavy atom. The minimum Gasteiger partial charge on any atom is -0.467 e. The Hall–Kier alpha value is -2.32. The molecule has 28 heavy (non-hydrogen) atoms. The third-order valence-corrected chi connectivity index (χ3v) is 5.84. The molecular weight excluding hydrogens is 398 g/mol. The molecule has 0 fully saturated rings. The molecule has 1 unspecified atom stereocenters. The van der Waals surface area contributed by atoms with E-state index in [-0.39, 0.29) is 11.1 Å². The molecule has 2 aromatic carbocycles. The Morgan fingerprint density at radius 1 is 1.07 bits per heavy atom. The molecular formula is C17H11B3ClNO5S. The van der Waals surface area contributed by atoms with Crippen LogP contribution in [0.25, 0.3) is 0 Å². The first-order valence-corrected chi connectivity index (χ1v) is 9.63. The van der Waals surface area contributed by atoms with Gasteiger partial charge in [0.25, 0.3) is 0 Å². The largest absolute Gasteiger partial charge is 0.467 e. The Kier molecular flexibility index (Phi) is 5.06. The molecule has 1 aliphatic rings. The molecule has 3 rings (SSSR count). The Bertz CT molecular complexity index is 1060. The molecule has 11 heteroatoms. The summed E-state index contributed by atoms with van der Waals surface area (Å²) in [5, 5.41) is 0.400. The quantitative estimate of drug-likeness (QED) is 0.582. The minimum atomic E-state index is -4.76. The van der Waals surface area contributed by atoms with Gasteiger partial charge in [-0.1, -0.05) is 54.1 Å². The highest BCUT2D eigenvalue weighted by molar-refractivity contribution is 7.90. The van der Waals surface area contributed by atoms with Gasteiger partial charge in [-0.3, -0.25) is 4.79 Å². The van der Waals surface area contributed by atoms with E-state index in [1.807, 2.05) is 0 Å². The lowest BCUT2D eigenvalue weighted by molar-refractivity contribution is -0.126. The van der Waals surface area contributed by atoms with Gasteiger partial charge in [-0.15, -0.1) is 0 Å². The molecule has 0 saturated carbocycles. The van der Waals surface area contributed by atoms with Crippen LogP contribution in [0.4, 0.5) is 0 Å². The van der Waals surface area contributed by atoms with Crippen LogP contribution in [-0.2, 0) is 33.9 Å². The molecule has 0 amide bonds. The Balaban J connectivity index is 1.93. The predicted molar refractivity (Wildman–Crippen MR) is 106 cm³/mol. The summed E-state index contributed by atoms with van der Waals surface area (Å²) in [6, 6.07) is 13.4. The number of nitrogens with two attached hydrogens (primary N) is 1. The maximum Gasteiger partial charge on any atom is 0.302 e. The van der Waals surface area contributed by atoms with Crippen LogP contribution in [-0.4, -0.2) is 37.7 Å². The summed E-state index contributed by atoms with van der Waals surface area (Å²) in [6.07, 6.45) is 0. The standard InChI is InChI=1S/C17H11B3ClNO5S/c18-16(10-6-8-12(21)9-7-10)14(23)13(15(22)26-16)27-28(24,25)17(19,20)11-4-2-1-3-5-11/h1-9H,22H2. The van der Waals surface area contributed by atoms with Gasteiger partial charge in [0.15, 0.2) is 5.50 Å². The van der Waals surface area contributed by atoms with Crippen molar-refractivity contribution in [2.24, 2.45) is 5.73 Å². The zero-order chi connectivity index (χ0) is 20.7. The van der Waals surface area contributed by atoms with Gasteiger partial charge < -0.3 is 14.7 Å². The maximum absolute atomic E-state index is 12.8. The summed E-state index contributed by atoms with van der Waals surface area (Å²) in [5.41, 5.74) is 3.81. The first-order valence-electron chi connectivity index (χ1n) is 7.85. The van der Waals surface area contributed by atoms with Gasteiger partial charge >= 0.3 is 10.1 Å². The second-order valence-corrected chi connectivity index (χ2v) is 8.25. The van der Waals surface area contributed by atoms with Crippen LogP contribution >= 0.6 is 11.6 Å². The molecule has 0 aromatic heterocycles. The minimum absolute atomic E-state index is 0.0391. The van der Waals surface area contributed by atoms with Gasteiger partial charge in [-0.2, -0.15) is 8.42 Å². The fraction of sp³-hybridized carbons (Fsp3) is 0.118. The number of carbonyl (C=O) groups is 1. The van der Waals surface area contributed by atoms with Crippen molar-refractivity contribution in [3.8, 4) is 0 Å². The molecule has 0 saturated heterocycles. The second-order valence-electron chi connectivity index (χ2n) is 6.06. The number of ether oxygens (including phenoxy) is 1. The lowest BCUT2D eigenvalue weighted by Gasteiger charge is -2.26. The maximum atomic E-state index is 12.8. The lowest BCUT2D eigenvalue weighted by Crippen LogP contribution is -2.40. The van der Waals surface area contributed by atoms with Crippen LogP contribution in [0.3, 0.4) is 0 Å². The molecule has 1 heterocycles. The number of carbonyl (C=O) groups excluding carboxylic acids is 1. The van der Waals surface area contributed by atoms with Crippen molar-refractivity contribution < 1.29 is 22.1 Å². The fourth-order valence-electron chi connectivity index (χ4n) is 2.53. The van der Waals surface area contributed by atoms with E-state index in [4.69, 9.17) is 49.8 Å². The molecule has 2 N–H and O–H groups in total. The lowest BCUT2D eigenvalue weighted by atomic mass is 9.65. The van der Waals surface area contributed by atoms with Gasteiger partial charge in [-0.25, -0.2) is 0 Å². The van der Waals surface area contributed by atoms with E-state index in [0.717, 1.165) is 0 Å². The molecule has 1 aliphatic heterocycles. The summed E-state index contributed by atoms with van der Waals surface area (Å²) in [5.74, 6) is -2.44. The second kappa shape index (κ2) is 6.94. The van der Waals surface area contributed by atoms with Crippen molar-refractivity contribution in [3.05, 3.63) is 82.4 Å². The van der Waals surface area contributed by atoms with Gasteiger partial charge in [0.1, 0.15) is 7.85 Å². The number of rotatable bonds is 5. The van der Waals surface area contributed by atoms with Crippen LogP contribution < -0.4 is 5.73 Å². The number of hydrogen-bond donors (Lipinski definition) is 1. The summed E-state index contributed by atoms with van der Waals surface area (Å²) < 4.78 is 33.0. The van der Waals surface area contributed by atoms with Crippen LogP contribution in [0.5, 0.6) is 0 Å². The molecule has 0 bridgehead atoms. The van der Waals surface area contributed by atoms with E-state index < -0.39 is 37.6 Å². The van der Waals surface area contributed by atoms with Gasteiger partial charge in [-0.05, 0) is 23.3 Å². The number of Topliss-reactive ketones (excluding diaryl/α,β-unsaturated/α-hetero) is 1. The summed E-state index contributed by atoms with van der Waals surface area (Å²) in [6.45, 7) is 0. The Morgan fingerprint density at radius 3 is 2.21 bits per heavy atom. The van der Waals surface area contributed by atoms with Crippen LogP contribution in [0.2, 0.25) is 5.02 Å². The highest BCUT2D eigenvalue weighted by Gasteiger charge is 2.50. The summed E-state index contributed by atoms with van der Waals surface area (Å²) in [7, 11) is 12.8. The van der Waals surface area contributed by atoms with Crippen molar-refractivity contribution in [1.82, 2.24) is 0 Å². The average Bonchev–Trinajstić information content (AvgIpc) is 2.86. The topological polar surface area (TPSA) is 95.7 Å². The van der Waals surface area contributed by atoms with Crippen molar-refractivity contribution in [3.63, 3.8) is 0 Å². The van der Waals surface area contributed by atoms with E-state index in [1.165, 1.54) is 36.4 Å². The first-order chi connectivity index (χ1) is 13.0. The predicted octanol–water partition coefficient (Wildman–Crippen LogP) is 0.882. The number of ketones is 1. The normalized spacial score (nSPS) is 20.1. The zero-order valence-corrected chi connectivity index (χ0v) is 15.9. The third kappa shape index (κ3) is 3.31. The molecule has 136 valence electrons. The highest BCUT2D eigenvalue weighted by Crippen LogP contribution is 2.38. The monoisotopic (exact) mass is 409 g/mol. The third-order valence-electron chi connectivity index (χ3n) is 4.14. The first kappa shape index (κ1) is 20.4. The van der Waals surface area contributed by atoms with Crippen molar-refractivity contribution in [2.45, 2.75) is 10.0 Å². The molecule has 1 atom stereocenters. The van der Waals surface area contributed by atoms with Crippen LogP contribution in [0.15, 0.2) is 66.2 Å². The number of benzene rings is 2. The number of hydrogen-bond acceptors (Lipinski definition) is 6. The van der Waals surface area contributed by atoms with E-state index in [9.17, 15) is 13.2 Å². The highest BCUT2D eigenvalue weighted by atomic mass is 35.5.